The van der Waals surface area contributed by atoms with Gasteiger partial charge in [0.05, 0.1) is 0 Å². The van der Waals surface area contributed by atoms with Crippen LogP contribution in [-0.4, -0.2) is 9.97 Å². The number of nitrogens with zero attached hydrogens (tertiary/aromatic N) is 2. The fraction of sp³-hybridized carbons (Fsp3) is 0.333. The van der Waals surface area contributed by atoms with Gasteiger partial charge in [0.15, 0.2) is 0 Å². The lowest BCUT2D eigenvalue weighted by Gasteiger charge is -2.19. The molecular weight excluding hydrogens is 316 g/mol. The molecule has 1 atom stereocenters. The Kier molecular flexibility index (Phi) is 4.60. The minimum absolute atomic E-state index is 0.148. The summed E-state index contributed by atoms with van der Waals surface area (Å²) in [6.07, 6.45) is 1.50. The third-order valence-electron chi connectivity index (χ3n) is 3.22. The monoisotopic (exact) mass is 334 g/mol. The van der Waals surface area contributed by atoms with Gasteiger partial charge in [-0.2, -0.15) is 0 Å². The second-order valence-electron chi connectivity index (χ2n) is 5.09. The Hall–Kier alpha value is -1.62. The van der Waals surface area contributed by atoms with Crippen LogP contribution in [0.3, 0.4) is 0 Å². The van der Waals surface area contributed by atoms with E-state index in [1.165, 1.54) is 11.9 Å². The Morgan fingerprint density at radius 3 is 2.35 bits per heavy atom. The highest BCUT2D eigenvalue weighted by molar-refractivity contribution is 9.10. The van der Waals surface area contributed by atoms with E-state index in [0.29, 0.717) is 5.82 Å². The molecule has 4 nitrogen and oxygen atoms in total. The van der Waals surface area contributed by atoms with Crippen molar-refractivity contribution in [3.63, 3.8) is 0 Å². The van der Waals surface area contributed by atoms with Gasteiger partial charge in [0, 0.05) is 16.1 Å². The highest BCUT2D eigenvalue weighted by atomic mass is 79.9. The van der Waals surface area contributed by atoms with Crippen molar-refractivity contribution in [3.05, 3.63) is 46.2 Å². The normalized spacial score (nSPS) is 12.4. The lowest BCUT2D eigenvalue weighted by molar-refractivity contribution is 0.822. The molecule has 0 aliphatic carbocycles. The highest BCUT2D eigenvalue weighted by Crippen LogP contribution is 2.29. The number of nitrogens with two attached hydrogens (primary N) is 1. The molecule has 0 bridgehead atoms. The van der Waals surface area contributed by atoms with Gasteiger partial charge in [-0.25, -0.2) is 9.97 Å². The summed E-state index contributed by atoms with van der Waals surface area (Å²) in [7, 11) is 0. The fourth-order valence-electron chi connectivity index (χ4n) is 2.13. The van der Waals surface area contributed by atoms with Crippen molar-refractivity contribution >= 4 is 27.6 Å². The van der Waals surface area contributed by atoms with E-state index in [1.54, 1.807) is 0 Å². The first-order chi connectivity index (χ1) is 9.49. The second kappa shape index (κ2) is 6.22. The first-order valence-corrected chi connectivity index (χ1v) is 7.40. The van der Waals surface area contributed by atoms with E-state index < -0.39 is 0 Å². The smallest absolute Gasteiger partial charge is 0.135 e. The van der Waals surface area contributed by atoms with Crippen LogP contribution in [0.1, 0.15) is 43.9 Å². The van der Waals surface area contributed by atoms with Gasteiger partial charge < -0.3 is 11.1 Å². The van der Waals surface area contributed by atoms with Crippen LogP contribution in [0.2, 0.25) is 0 Å². The lowest BCUT2D eigenvalue weighted by atomic mass is 10.0. The second-order valence-corrected chi connectivity index (χ2v) is 6.01. The molecule has 0 aliphatic heterocycles. The largest absolute Gasteiger partial charge is 0.383 e. The average molecular weight is 335 g/mol. The molecule has 1 unspecified atom stereocenters. The average Bonchev–Trinajstić information content (AvgIpc) is 2.39. The third kappa shape index (κ3) is 3.28. The first kappa shape index (κ1) is 14.8. The van der Waals surface area contributed by atoms with Crippen molar-refractivity contribution in [3.8, 4) is 0 Å². The van der Waals surface area contributed by atoms with E-state index in [0.717, 1.165) is 15.9 Å². The molecule has 5 heteroatoms. The molecule has 0 amide bonds. The molecule has 1 aromatic carbocycles. The van der Waals surface area contributed by atoms with Crippen LogP contribution in [0.4, 0.5) is 11.6 Å². The van der Waals surface area contributed by atoms with Crippen LogP contribution >= 0.6 is 15.9 Å². The van der Waals surface area contributed by atoms with Gasteiger partial charge in [0.1, 0.15) is 18.0 Å². The fourth-order valence-corrected chi connectivity index (χ4v) is 2.40. The summed E-state index contributed by atoms with van der Waals surface area (Å²) in [6, 6.07) is 8.38. The van der Waals surface area contributed by atoms with Crippen molar-refractivity contribution in [2.45, 2.75) is 32.7 Å². The van der Waals surface area contributed by atoms with E-state index in [4.69, 9.17) is 5.73 Å². The SMILES string of the molecule is CC(C)c1c(N)ncnc1NC(C)c1ccc(Br)cc1. The lowest BCUT2D eigenvalue weighted by Crippen LogP contribution is -2.12. The molecule has 0 radical (unpaired) electrons. The van der Waals surface area contributed by atoms with Crippen molar-refractivity contribution in [2.75, 3.05) is 11.1 Å². The van der Waals surface area contributed by atoms with Crippen LogP contribution in [0, 0.1) is 0 Å². The summed E-state index contributed by atoms with van der Waals surface area (Å²) in [5.74, 6) is 1.62. The zero-order valence-corrected chi connectivity index (χ0v) is 13.5. The van der Waals surface area contributed by atoms with Gasteiger partial charge in [-0.15, -0.1) is 0 Å². The minimum Gasteiger partial charge on any atom is -0.383 e. The number of anilines is 2. The maximum Gasteiger partial charge on any atom is 0.135 e. The molecule has 0 fully saturated rings. The summed E-state index contributed by atoms with van der Waals surface area (Å²) in [4.78, 5) is 8.41. The molecular formula is C15H19BrN4. The van der Waals surface area contributed by atoms with Crippen LogP contribution in [0.5, 0.6) is 0 Å². The van der Waals surface area contributed by atoms with Gasteiger partial charge in [0.25, 0.3) is 0 Å². The number of halogens is 1. The topological polar surface area (TPSA) is 63.8 Å². The Labute approximate surface area is 128 Å². The van der Waals surface area contributed by atoms with Crippen molar-refractivity contribution in [2.24, 2.45) is 0 Å². The maximum atomic E-state index is 5.96. The van der Waals surface area contributed by atoms with Crippen LogP contribution in [0.15, 0.2) is 35.1 Å². The van der Waals surface area contributed by atoms with Crippen molar-refractivity contribution in [1.82, 2.24) is 9.97 Å². The number of benzene rings is 1. The maximum absolute atomic E-state index is 5.96. The number of nitrogens with one attached hydrogen (secondary N) is 1. The number of nitrogen functional groups attached to an aromatic ring is 1. The summed E-state index contributed by atoms with van der Waals surface area (Å²) in [5, 5.41) is 3.42. The number of aromatic nitrogens is 2. The zero-order chi connectivity index (χ0) is 14.7. The molecule has 0 aliphatic rings. The van der Waals surface area contributed by atoms with E-state index >= 15 is 0 Å². The summed E-state index contributed by atoms with van der Waals surface area (Å²) >= 11 is 3.44. The third-order valence-corrected chi connectivity index (χ3v) is 3.74. The zero-order valence-electron chi connectivity index (χ0n) is 11.9. The van der Waals surface area contributed by atoms with E-state index in [1.807, 2.05) is 12.1 Å². The molecule has 1 aromatic heterocycles. The molecule has 2 rings (SSSR count). The summed E-state index contributed by atoms with van der Waals surface area (Å²) in [6.45, 7) is 6.28. The Bertz CT molecular complexity index is 581. The Morgan fingerprint density at radius 2 is 1.75 bits per heavy atom. The first-order valence-electron chi connectivity index (χ1n) is 6.61. The predicted molar refractivity (Wildman–Crippen MR) is 86.7 cm³/mol. The summed E-state index contributed by atoms with van der Waals surface area (Å²) in [5.41, 5.74) is 8.12. The quantitative estimate of drug-likeness (QED) is 0.882. The van der Waals surface area contributed by atoms with Gasteiger partial charge in [0.2, 0.25) is 0 Å². The molecule has 0 spiro atoms. The van der Waals surface area contributed by atoms with Crippen molar-refractivity contribution < 1.29 is 0 Å². The number of hydrogen-bond donors (Lipinski definition) is 2. The van der Waals surface area contributed by atoms with E-state index in [9.17, 15) is 0 Å². The standard InChI is InChI=1S/C15H19BrN4/c1-9(2)13-14(17)18-8-19-15(13)20-10(3)11-4-6-12(16)7-5-11/h4-10H,1-3H3,(H3,17,18,19,20). The van der Waals surface area contributed by atoms with Crippen LogP contribution < -0.4 is 11.1 Å². The predicted octanol–water partition coefficient (Wildman–Crippen LogP) is 4.12. The Morgan fingerprint density at radius 1 is 1.10 bits per heavy atom. The molecule has 2 aromatic rings. The van der Waals surface area contributed by atoms with E-state index in [-0.39, 0.29) is 12.0 Å². The molecule has 1 heterocycles. The molecule has 20 heavy (non-hydrogen) atoms. The molecule has 0 saturated heterocycles. The van der Waals surface area contributed by atoms with Gasteiger partial charge in [-0.3, -0.25) is 0 Å². The minimum atomic E-state index is 0.148. The number of rotatable bonds is 4. The Balaban J connectivity index is 2.26. The summed E-state index contributed by atoms with van der Waals surface area (Å²) < 4.78 is 1.07. The van der Waals surface area contributed by atoms with Gasteiger partial charge in [-0.05, 0) is 30.5 Å². The van der Waals surface area contributed by atoms with Gasteiger partial charge in [-0.1, -0.05) is 41.9 Å². The van der Waals surface area contributed by atoms with E-state index in [2.05, 4.69) is 64.1 Å². The number of hydrogen-bond acceptors (Lipinski definition) is 4. The molecule has 106 valence electrons. The van der Waals surface area contributed by atoms with Crippen molar-refractivity contribution in [1.29, 1.82) is 0 Å². The molecule has 3 N–H and O–H groups in total. The molecule has 0 saturated carbocycles. The van der Waals surface area contributed by atoms with Crippen LogP contribution in [-0.2, 0) is 0 Å². The highest BCUT2D eigenvalue weighted by Gasteiger charge is 2.15. The van der Waals surface area contributed by atoms with Crippen LogP contribution in [0.25, 0.3) is 0 Å². The van der Waals surface area contributed by atoms with Gasteiger partial charge >= 0.3 is 0 Å².